The molecule has 0 atom stereocenters. The molecular formula is C18H23N5O. The van der Waals surface area contributed by atoms with Crippen molar-refractivity contribution in [1.29, 1.82) is 0 Å². The Kier molecular flexibility index (Phi) is 4.24. The SMILES string of the molecule is Cc1cc(C)n(Cc2ccc(-c3ncnn3CC(C)(C)O)cc2)n1. The molecule has 0 bridgehead atoms. The number of hydrogen-bond acceptors (Lipinski definition) is 4. The summed E-state index contributed by atoms with van der Waals surface area (Å²) in [6.07, 6.45) is 1.52. The lowest BCUT2D eigenvalue weighted by Gasteiger charge is -2.18. The van der Waals surface area contributed by atoms with Crippen molar-refractivity contribution in [2.45, 2.75) is 46.4 Å². The van der Waals surface area contributed by atoms with Crippen LogP contribution in [-0.4, -0.2) is 35.3 Å². The number of aromatic nitrogens is 5. The van der Waals surface area contributed by atoms with Crippen LogP contribution in [0.2, 0.25) is 0 Å². The van der Waals surface area contributed by atoms with Crippen molar-refractivity contribution in [2.24, 2.45) is 0 Å². The molecule has 126 valence electrons. The Morgan fingerprint density at radius 2 is 1.79 bits per heavy atom. The molecule has 0 unspecified atom stereocenters. The first-order chi connectivity index (χ1) is 11.3. The van der Waals surface area contributed by atoms with Gasteiger partial charge in [0.05, 0.1) is 24.4 Å². The van der Waals surface area contributed by atoms with Gasteiger partial charge in [-0.1, -0.05) is 24.3 Å². The van der Waals surface area contributed by atoms with Crippen molar-refractivity contribution in [3.8, 4) is 11.4 Å². The fraction of sp³-hybridized carbons (Fsp3) is 0.389. The summed E-state index contributed by atoms with van der Waals surface area (Å²) in [6.45, 7) is 8.73. The summed E-state index contributed by atoms with van der Waals surface area (Å²) in [7, 11) is 0. The first kappa shape index (κ1) is 16.4. The van der Waals surface area contributed by atoms with Crippen molar-refractivity contribution in [3.63, 3.8) is 0 Å². The van der Waals surface area contributed by atoms with E-state index in [1.165, 1.54) is 11.9 Å². The molecule has 1 N–H and O–H groups in total. The van der Waals surface area contributed by atoms with E-state index in [1.54, 1.807) is 18.5 Å². The lowest BCUT2D eigenvalue weighted by Crippen LogP contribution is -2.27. The number of aliphatic hydroxyl groups is 1. The second kappa shape index (κ2) is 6.20. The van der Waals surface area contributed by atoms with Crippen LogP contribution < -0.4 is 0 Å². The van der Waals surface area contributed by atoms with E-state index in [4.69, 9.17) is 0 Å². The zero-order valence-electron chi connectivity index (χ0n) is 14.6. The third kappa shape index (κ3) is 3.71. The molecule has 6 heteroatoms. The van der Waals surface area contributed by atoms with Crippen LogP contribution in [0.5, 0.6) is 0 Å². The summed E-state index contributed by atoms with van der Waals surface area (Å²) >= 11 is 0. The number of benzene rings is 1. The molecule has 3 rings (SSSR count). The third-order valence-corrected chi connectivity index (χ3v) is 3.80. The van der Waals surface area contributed by atoms with Gasteiger partial charge in [0.1, 0.15) is 6.33 Å². The highest BCUT2D eigenvalue weighted by molar-refractivity contribution is 5.55. The maximum Gasteiger partial charge on any atom is 0.158 e. The minimum atomic E-state index is -0.835. The summed E-state index contributed by atoms with van der Waals surface area (Å²) in [5.74, 6) is 0.759. The predicted molar refractivity (Wildman–Crippen MR) is 92.6 cm³/mol. The number of rotatable bonds is 5. The lowest BCUT2D eigenvalue weighted by molar-refractivity contribution is 0.0582. The maximum atomic E-state index is 10.00. The van der Waals surface area contributed by atoms with Gasteiger partial charge in [-0.05, 0) is 39.3 Å². The van der Waals surface area contributed by atoms with Crippen LogP contribution >= 0.6 is 0 Å². The molecule has 3 aromatic rings. The molecule has 0 radical (unpaired) electrons. The molecule has 6 nitrogen and oxygen atoms in total. The zero-order chi connectivity index (χ0) is 17.3. The molecule has 1 aromatic carbocycles. The standard InChI is InChI=1S/C18H23N5O/c1-13-9-14(2)22(21-13)10-15-5-7-16(8-6-15)17-19-12-20-23(17)11-18(3,4)24/h5-9,12,24H,10-11H2,1-4H3. The molecule has 0 fully saturated rings. The van der Waals surface area contributed by atoms with Crippen LogP contribution in [0.4, 0.5) is 0 Å². The summed E-state index contributed by atoms with van der Waals surface area (Å²) in [4.78, 5) is 4.32. The van der Waals surface area contributed by atoms with E-state index in [2.05, 4.69) is 40.3 Å². The van der Waals surface area contributed by atoms with Gasteiger partial charge in [0.15, 0.2) is 5.82 Å². The molecule has 0 saturated carbocycles. The van der Waals surface area contributed by atoms with E-state index in [-0.39, 0.29) is 0 Å². The number of hydrogen-bond donors (Lipinski definition) is 1. The monoisotopic (exact) mass is 325 g/mol. The molecule has 0 aliphatic carbocycles. The minimum absolute atomic E-state index is 0.399. The van der Waals surface area contributed by atoms with Crippen LogP contribution in [0.15, 0.2) is 36.7 Å². The fourth-order valence-corrected chi connectivity index (χ4v) is 2.74. The summed E-state index contributed by atoms with van der Waals surface area (Å²) in [5.41, 5.74) is 3.51. The summed E-state index contributed by atoms with van der Waals surface area (Å²) in [5, 5.41) is 18.7. The van der Waals surface area contributed by atoms with Gasteiger partial charge in [-0.15, -0.1) is 0 Å². The van der Waals surface area contributed by atoms with Gasteiger partial charge >= 0.3 is 0 Å². The average Bonchev–Trinajstić information content (AvgIpc) is 3.05. The highest BCUT2D eigenvalue weighted by Crippen LogP contribution is 2.19. The third-order valence-electron chi connectivity index (χ3n) is 3.80. The zero-order valence-corrected chi connectivity index (χ0v) is 14.6. The molecule has 2 heterocycles. The first-order valence-electron chi connectivity index (χ1n) is 8.02. The largest absolute Gasteiger partial charge is 0.389 e. The average molecular weight is 325 g/mol. The molecule has 0 aliphatic heterocycles. The van der Waals surface area contributed by atoms with Crippen LogP contribution in [0.1, 0.15) is 30.8 Å². The van der Waals surface area contributed by atoms with Crippen molar-refractivity contribution >= 4 is 0 Å². The molecule has 0 spiro atoms. The Morgan fingerprint density at radius 3 is 2.38 bits per heavy atom. The quantitative estimate of drug-likeness (QED) is 0.783. The molecular weight excluding hydrogens is 302 g/mol. The molecule has 0 amide bonds. The van der Waals surface area contributed by atoms with Crippen molar-refractivity contribution in [3.05, 3.63) is 53.6 Å². The number of nitrogens with zero attached hydrogens (tertiary/aromatic N) is 5. The van der Waals surface area contributed by atoms with Gasteiger partial charge in [-0.25, -0.2) is 9.67 Å². The van der Waals surface area contributed by atoms with Gasteiger partial charge < -0.3 is 5.11 Å². The smallest absolute Gasteiger partial charge is 0.158 e. The van der Waals surface area contributed by atoms with E-state index >= 15 is 0 Å². The second-order valence-corrected chi connectivity index (χ2v) is 6.84. The van der Waals surface area contributed by atoms with Crippen LogP contribution in [0.25, 0.3) is 11.4 Å². The van der Waals surface area contributed by atoms with E-state index in [1.807, 2.05) is 23.7 Å². The van der Waals surface area contributed by atoms with E-state index in [9.17, 15) is 5.11 Å². The van der Waals surface area contributed by atoms with Gasteiger partial charge in [0.25, 0.3) is 0 Å². The van der Waals surface area contributed by atoms with E-state index in [0.717, 1.165) is 29.3 Å². The van der Waals surface area contributed by atoms with Crippen LogP contribution in [0, 0.1) is 13.8 Å². The minimum Gasteiger partial charge on any atom is -0.389 e. The Balaban J connectivity index is 1.80. The molecule has 0 saturated heterocycles. The summed E-state index contributed by atoms with van der Waals surface area (Å²) in [6, 6.07) is 10.3. The molecule has 2 aromatic heterocycles. The second-order valence-electron chi connectivity index (χ2n) is 6.84. The molecule has 24 heavy (non-hydrogen) atoms. The maximum absolute atomic E-state index is 10.00. The topological polar surface area (TPSA) is 68.8 Å². The molecule has 0 aliphatic rings. The highest BCUT2D eigenvalue weighted by atomic mass is 16.3. The first-order valence-corrected chi connectivity index (χ1v) is 8.02. The van der Waals surface area contributed by atoms with Gasteiger partial charge in [0, 0.05) is 11.3 Å². The Morgan fingerprint density at radius 1 is 1.08 bits per heavy atom. The Hall–Kier alpha value is -2.47. The summed E-state index contributed by atoms with van der Waals surface area (Å²) < 4.78 is 3.73. The predicted octanol–water partition coefficient (Wildman–Crippen LogP) is 2.58. The Bertz CT molecular complexity index is 824. The van der Waals surface area contributed by atoms with E-state index in [0.29, 0.717) is 6.54 Å². The van der Waals surface area contributed by atoms with Gasteiger partial charge in [-0.3, -0.25) is 4.68 Å². The normalized spacial score (nSPS) is 11.9. The van der Waals surface area contributed by atoms with Crippen LogP contribution in [0.3, 0.4) is 0 Å². The van der Waals surface area contributed by atoms with Gasteiger partial charge in [0.2, 0.25) is 0 Å². The Labute approximate surface area is 141 Å². The number of aryl methyl sites for hydroxylation is 2. The van der Waals surface area contributed by atoms with E-state index < -0.39 is 5.60 Å². The van der Waals surface area contributed by atoms with Gasteiger partial charge in [-0.2, -0.15) is 10.2 Å². The fourth-order valence-electron chi connectivity index (χ4n) is 2.74. The highest BCUT2D eigenvalue weighted by Gasteiger charge is 2.17. The lowest BCUT2D eigenvalue weighted by atomic mass is 10.1. The van der Waals surface area contributed by atoms with Crippen molar-refractivity contribution in [1.82, 2.24) is 24.5 Å². The van der Waals surface area contributed by atoms with Crippen LogP contribution in [-0.2, 0) is 13.1 Å². The van der Waals surface area contributed by atoms with Crippen molar-refractivity contribution in [2.75, 3.05) is 0 Å². The van der Waals surface area contributed by atoms with Crippen molar-refractivity contribution < 1.29 is 5.11 Å².